The molecular formula is C15H22FN3O4. The van der Waals surface area contributed by atoms with Crippen molar-refractivity contribution in [2.24, 2.45) is 0 Å². The fraction of sp³-hybridized carbons (Fsp3) is 0.867. The molecule has 4 rings (SSSR count). The van der Waals surface area contributed by atoms with E-state index in [1.165, 1.54) is 4.90 Å². The van der Waals surface area contributed by atoms with Crippen LogP contribution >= 0.6 is 0 Å². The van der Waals surface area contributed by atoms with Gasteiger partial charge in [-0.05, 0) is 19.3 Å². The second kappa shape index (κ2) is 5.22. The van der Waals surface area contributed by atoms with Crippen molar-refractivity contribution in [3.05, 3.63) is 0 Å². The number of halogens is 1. The van der Waals surface area contributed by atoms with Gasteiger partial charge >= 0.3 is 12.2 Å². The van der Waals surface area contributed by atoms with E-state index in [1.807, 2.05) is 0 Å². The summed E-state index contributed by atoms with van der Waals surface area (Å²) in [6.07, 6.45) is 0.841. The Bertz CT molecular complexity index is 523. The Kier molecular flexibility index (Phi) is 3.40. The van der Waals surface area contributed by atoms with E-state index in [1.54, 1.807) is 0 Å². The summed E-state index contributed by atoms with van der Waals surface area (Å²) in [5, 5.41) is 12.0. The van der Waals surface area contributed by atoms with E-state index in [0.717, 1.165) is 6.42 Å². The van der Waals surface area contributed by atoms with Crippen LogP contribution in [0.15, 0.2) is 0 Å². The summed E-state index contributed by atoms with van der Waals surface area (Å²) in [5.74, 6) is 0. The van der Waals surface area contributed by atoms with Crippen molar-refractivity contribution in [2.75, 3.05) is 19.6 Å². The monoisotopic (exact) mass is 327 g/mol. The standard InChI is InChI=1S/C15H22FN3O4/c16-12-10-2-1-9(19(10)14(21)22)7-11(12)18-5-3-15(4-6-18)8-17-13(20)23-15/h9-12H,1-8H2,(H,17,20)(H,21,22). The third kappa shape index (κ3) is 2.34. The molecule has 0 aromatic heterocycles. The van der Waals surface area contributed by atoms with Crippen LogP contribution < -0.4 is 5.32 Å². The van der Waals surface area contributed by atoms with Gasteiger partial charge in [0.15, 0.2) is 0 Å². The molecule has 2 bridgehead atoms. The van der Waals surface area contributed by atoms with Crippen molar-refractivity contribution >= 4 is 12.2 Å². The highest BCUT2D eigenvalue weighted by Gasteiger charge is 2.53. The molecule has 4 aliphatic heterocycles. The summed E-state index contributed by atoms with van der Waals surface area (Å²) < 4.78 is 20.3. The number of carbonyl (C=O) groups excluding carboxylic acids is 1. The summed E-state index contributed by atoms with van der Waals surface area (Å²) >= 11 is 0. The molecule has 0 aromatic carbocycles. The average molecular weight is 327 g/mol. The Hall–Kier alpha value is -1.57. The van der Waals surface area contributed by atoms with Crippen LogP contribution in [0.1, 0.15) is 32.1 Å². The molecule has 4 atom stereocenters. The van der Waals surface area contributed by atoms with Gasteiger partial charge in [-0.15, -0.1) is 0 Å². The van der Waals surface area contributed by atoms with E-state index in [-0.39, 0.29) is 18.2 Å². The first-order valence-electron chi connectivity index (χ1n) is 8.35. The first-order chi connectivity index (χ1) is 11.0. The van der Waals surface area contributed by atoms with Crippen molar-refractivity contribution in [3.8, 4) is 0 Å². The zero-order valence-corrected chi connectivity index (χ0v) is 12.9. The van der Waals surface area contributed by atoms with Crippen LogP contribution in [0.25, 0.3) is 0 Å². The van der Waals surface area contributed by atoms with Gasteiger partial charge in [0.2, 0.25) is 0 Å². The predicted molar refractivity (Wildman–Crippen MR) is 78.0 cm³/mol. The molecule has 0 aliphatic carbocycles. The van der Waals surface area contributed by atoms with Gasteiger partial charge in [-0.2, -0.15) is 0 Å². The number of alkyl carbamates (subject to hydrolysis) is 1. The van der Waals surface area contributed by atoms with E-state index in [0.29, 0.717) is 45.3 Å². The number of ether oxygens (including phenoxy) is 1. The van der Waals surface area contributed by atoms with Crippen LogP contribution in [-0.2, 0) is 4.74 Å². The Morgan fingerprint density at radius 3 is 2.65 bits per heavy atom. The van der Waals surface area contributed by atoms with Gasteiger partial charge in [-0.1, -0.05) is 0 Å². The lowest BCUT2D eigenvalue weighted by Gasteiger charge is -2.47. The van der Waals surface area contributed by atoms with Crippen LogP contribution in [0.4, 0.5) is 14.0 Å². The molecule has 23 heavy (non-hydrogen) atoms. The fourth-order valence-electron chi connectivity index (χ4n) is 4.81. The second-order valence-electron chi connectivity index (χ2n) is 7.20. The number of carboxylic acid groups (broad SMARTS) is 1. The summed E-state index contributed by atoms with van der Waals surface area (Å²) in [4.78, 5) is 26.1. The minimum atomic E-state index is -1.14. The van der Waals surface area contributed by atoms with Crippen molar-refractivity contribution in [1.29, 1.82) is 0 Å². The maximum Gasteiger partial charge on any atom is 0.407 e. The number of amides is 2. The third-order valence-corrected chi connectivity index (χ3v) is 6.06. The quantitative estimate of drug-likeness (QED) is 0.756. The lowest BCUT2D eigenvalue weighted by Crippen LogP contribution is -2.61. The summed E-state index contributed by atoms with van der Waals surface area (Å²) in [6.45, 7) is 1.90. The number of alkyl halides is 1. The summed E-state index contributed by atoms with van der Waals surface area (Å²) in [7, 11) is 0. The van der Waals surface area contributed by atoms with Gasteiger partial charge in [-0.3, -0.25) is 9.80 Å². The average Bonchev–Trinajstić information content (AvgIpc) is 3.05. The Morgan fingerprint density at radius 1 is 1.30 bits per heavy atom. The number of hydrogen-bond donors (Lipinski definition) is 2. The van der Waals surface area contributed by atoms with Gasteiger partial charge < -0.3 is 15.2 Å². The molecular weight excluding hydrogens is 305 g/mol. The number of carbonyl (C=O) groups is 2. The van der Waals surface area contributed by atoms with Gasteiger partial charge in [0, 0.05) is 38.0 Å². The predicted octanol–water partition coefficient (Wildman–Crippen LogP) is 1.18. The molecule has 2 N–H and O–H groups in total. The molecule has 7 nitrogen and oxygen atoms in total. The smallest absolute Gasteiger partial charge is 0.407 e. The zero-order chi connectivity index (χ0) is 16.2. The zero-order valence-electron chi connectivity index (χ0n) is 12.9. The van der Waals surface area contributed by atoms with E-state index >= 15 is 0 Å². The number of likely N-dealkylation sites (tertiary alicyclic amines) is 1. The maximum absolute atomic E-state index is 14.9. The lowest BCUT2D eigenvalue weighted by atomic mass is 9.87. The highest BCUT2D eigenvalue weighted by atomic mass is 19.1. The number of fused-ring (bicyclic) bond motifs is 2. The molecule has 4 fully saturated rings. The van der Waals surface area contributed by atoms with Crippen LogP contribution in [0, 0.1) is 0 Å². The van der Waals surface area contributed by atoms with Gasteiger partial charge in [0.05, 0.1) is 12.6 Å². The molecule has 4 saturated heterocycles. The van der Waals surface area contributed by atoms with Crippen LogP contribution in [0.2, 0.25) is 0 Å². The second-order valence-corrected chi connectivity index (χ2v) is 7.20. The number of piperidine rings is 2. The van der Waals surface area contributed by atoms with Crippen molar-refractivity contribution in [1.82, 2.24) is 15.1 Å². The van der Waals surface area contributed by atoms with E-state index in [4.69, 9.17) is 4.74 Å². The molecule has 8 heteroatoms. The Labute approximate surface area is 133 Å². The van der Waals surface area contributed by atoms with Gasteiger partial charge in [0.25, 0.3) is 0 Å². The highest BCUT2D eigenvalue weighted by Crippen LogP contribution is 2.41. The van der Waals surface area contributed by atoms with E-state index in [9.17, 15) is 19.1 Å². The summed E-state index contributed by atoms with van der Waals surface area (Å²) in [6, 6.07) is -0.778. The molecule has 2 amide bonds. The highest BCUT2D eigenvalue weighted by molar-refractivity contribution is 5.70. The van der Waals surface area contributed by atoms with Crippen LogP contribution in [-0.4, -0.2) is 76.6 Å². The van der Waals surface area contributed by atoms with Gasteiger partial charge in [-0.25, -0.2) is 14.0 Å². The first kappa shape index (κ1) is 15.0. The topological polar surface area (TPSA) is 82.1 Å². The van der Waals surface area contributed by atoms with E-state index in [2.05, 4.69) is 10.2 Å². The molecule has 1 spiro atoms. The van der Waals surface area contributed by atoms with Crippen LogP contribution in [0.3, 0.4) is 0 Å². The molecule has 0 saturated carbocycles. The molecule has 0 aromatic rings. The number of hydrogen-bond acceptors (Lipinski definition) is 4. The van der Waals surface area contributed by atoms with Crippen LogP contribution in [0.5, 0.6) is 0 Å². The molecule has 128 valence electrons. The fourth-order valence-corrected chi connectivity index (χ4v) is 4.81. The molecule has 4 aliphatic rings. The largest absolute Gasteiger partial charge is 0.465 e. The van der Waals surface area contributed by atoms with Crippen molar-refractivity contribution in [2.45, 2.75) is 62.0 Å². The van der Waals surface area contributed by atoms with E-state index < -0.39 is 23.9 Å². The lowest BCUT2D eigenvalue weighted by molar-refractivity contribution is -0.0484. The minimum absolute atomic E-state index is 0.0589. The van der Waals surface area contributed by atoms with Crippen molar-refractivity contribution < 1.29 is 23.8 Å². The minimum Gasteiger partial charge on any atom is -0.465 e. The summed E-state index contributed by atoms with van der Waals surface area (Å²) in [5.41, 5.74) is -0.430. The normalized spacial score (nSPS) is 39.3. The molecule has 4 unspecified atom stereocenters. The number of nitrogens with one attached hydrogen (secondary N) is 1. The number of rotatable bonds is 1. The first-order valence-corrected chi connectivity index (χ1v) is 8.35. The maximum atomic E-state index is 14.9. The molecule has 4 heterocycles. The number of nitrogens with zero attached hydrogens (tertiary/aromatic N) is 2. The third-order valence-electron chi connectivity index (χ3n) is 6.06. The SMILES string of the molecule is O=C1NCC2(CCN(C3CC4CCC(C3F)N4C(=O)O)CC2)O1. The van der Waals surface area contributed by atoms with Crippen molar-refractivity contribution in [3.63, 3.8) is 0 Å². The molecule has 0 radical (unpaired) electrons. The van der Waals surface area contributed by atoms with Gasteiger partial charge in [0.1, 0.15) is 11.8 Å². The Morgan fingerprint density at radius 2 is 2.04 bits per heavy atom. The Balaban J connectivity index is 1.42.